The van der Waals surface area contributed by atoms with Gasteiger partial charge in [0.25, 0.3) is 0 Å². The first kappa shape index (κ1) is 5.54. The Morgan fingerprint density at radius 2 is 2.00 bits per heavy atom. The van der Waals surface area contributed by atoms with Crippen LogP contribution < -0.4 is 0 Å². The van der Waals surface area contributed by atoms with Crippen LogP contribution in [-0.4, -0.2) is 11.4 Å². The Balaban J connectivity index is 2.54. The van der Waals surface area contributed by atoms with Crippen molar-refractivity contribution in [2.45, 2.75) is 5.56 Å². The zero-order valence-electron chi connectivity index (χ0n) is 2.45. The SMILES string of the molecule is [O]C(Cl)CCl. The molecule has 0 heterocycles. The monoisotopic (exact) mass is 113 g/mol. The third kappa shape index (κ3) is 4.54. The zero-order valence-corrected chi connectivity index (χ0v) is 3.96. The highest BCUT2D eigenvalue weighted by molar-refractivity contribution is 6.27. The Labute approximate surface area is 40.5 Å². The smallest absolute Gasteiger partial charge is 0.179 e. The normalized spacial score (nSPS) is 15.0. The van der Waals surface area contributed by atoms with Gasteiger partial charge in [-0.3, -0.25) is 0 Å². The molecule has 0 rings (SSSR count). The first-order valence-electron chi connectivity index (χ1n) is 1.13. The number of rotatable bonds is 1. The summed E-state index contributed by atoms with van der Waals surface area (Å²) in [5.41, 5.74) is -1.13. The minimum absolute atomic E-state index is 0.0123. The number of hydrogen-bond acceptors (Lipinski definition) is 0. The fourth-order valence-electron chi connectivity index (χ4n) is 0. The minimum Gasteiger partial charge on any atom is -0.214 e. The van der Waals surface area contributed by atoms with Gasteiger partial charge in [0, 0.05) is 0 Å². The molecule has 31 valence electrons. The van der Waals surface area contributed by atoms with E-state index in [1.165, 1.54) is 0 Å². The second-order valence-electron chi connectivity index (χ2n) is 0.564. The van der Waals surface area contributed by atoms with Gasteiger partial charge in [0.1, 0.15) is 0 Å². The molecule has 1 unspecified atom stereocenters. The van der Waals surface area contributed by atoms with Gasteiger partial charge in [-0.2, -0.15) is 0 Å². The van der Waals surface area contributed by atoms with Crippen molar-refractivity contribution in [3.8, 4) is 0 Å². The molecule has 0 aromatic carbocycles. The molecule has 0 aliphatic carbocycles. The van der Waals surface area contributed by atoms with Crippen molar-refractivity contribution < 1.29 is 5.11 Å². The third-order valence-electron chi connectivity index (χ3n) is 0.121. The number of alkyl halides is 2. The quantitative estimate of drug-likeness (QED) is 0.456. The highest BCUT2D eigenvalue weighted by atomic mass is 35.5. The Morgan fingerprint density at radius 3 is 2.00 bits per heavy atom. The molecule has 0 saturated carbocycles. The molecule has 1 nitrogen and oxygen atoms in total. The van der Waals surface area contributed by atoms with Crippen LogP contribution in [0.1, 0.15) is 0 Å². The summed E-state index contributed by atoms with van der Waals surface area (Å²) in [4.78, 5) is 0. The van der Waals surface area contributed by atoms with Crippen molar-refractivity contribution in [1.29, 1.82) is 0 Å². The van der Waals surface area contributed by atoms with Gasteiger partial charge in [0.15, 0.2) is 5.56 Å². The molecule has 1 atom stereocenters. The molecule has 0 amide bonds. The summed E-state index contributed by atoms with van der Waals surface area (Å²) < 4.78 is 0. The lowest BCUT2D eigenvalue weighted by Crippen LogP contribution is -1.91. The van der Waals surface area contributed by atoms with Crippen LogP contribution in [0.4, 0.5) is 0 Å². The lowest BCUT2D eigenvalue weighted by Gasteiger charge is -1.81. The molecule has 0 spiro atoms. The Hall–Kier alpha value is 0.540. The van der Waals surface area contributed by atoms with Gasteiger partial charge in [0.2, 0.25) is 0 Å². The van der Waals surface area contributed by atoms with Gasteiger partial charge in [0.05, 0.1) is 5.88 Å². The van der Waals surface area contributed by atoms with E-state index in [1.807, 2.05) is 0 Å². The summed E-state index contributed by atoms with van der Waals surface area (Å²) in [6.07, 6.45) is 0. The van der Waals surface area contributed by atoms with Crippen LogP contribution in [-0.2, 0) is 5.11 Å². The van der Waals surface area contributed by atoms with E-state index in [1.54, 1.807) is 0 Å². The highest BCUT2D eigenvalue weighted by Gasteiger charge is 1.90. The van der Waals surface area contributed by atoms with E-state index in [4.69, 9.17) is 23.2 Å². The average molecular weight is 114 g/mol. The van der Waals surface area contributed by atoms with Crippen molar-refractivity contribution in [3.05, 3.63) is 0 Å². The molecule has 0 aromatic rings. The van der Waals surface area contributed by atoms with E-state index in [9.17, 15) is 5.11 Å². The predicted octanol–water partition coefficient (Wildman–Crippen LogP) is 1.22. The lowest BCUT2D eigenvalue weighted by atomic mass is 10.9. The van der Waals surface area contributed by atoms with E-state index in [-0.39, 0.29) is 5.88 Å². The topological polar surface area (TPSA) is 19.9 Å². The second kappa shape index (κ2) is 2.76. The Bertz CT molecular complexity index is 21.6. The van der Waals surface area contributed by atoms with E-state index >= 15 is 0 Å². The van der Waals surface area contributed by atoms with E-state index in [0.29, 0.717) is 0 Å². The summed E-state index contributed by atoms with van der Waals surface area (Å²) in [6.45, 7) is 0. The molecular weight excluding hydrogens is 111 g/mol. The van der Waals surface area contributed by atoms with Crippen LogP contribution in [0, 0.1) is 0 Å². The molecule has 1 radical (unpaired) electrons. The first-order valence-corrected chi connectivity index (χ1v) is 2.10. The van der Waals surface area contributed by atoms with Crippen LogP contribution >= 0.6 is 23.2 Å². The van der Waals surface area contributed by atoms with Gasteiger partial charge in [-0.05, 0) is 0 Å². The van der Waals surface area contributed by atoms with Crippen molar-refractivity contribution in [2.24, 2.45) is 0 Å². The van der Waals surface area contributed by atoms with Crippen LogP contribution in [0.2, 0.25) is 0 Å². The largest absolute Gasteiger partial charge is 0.214 e. The third-order valence-corrected chi connectivity index (χ3v) is 0.714. The molecule has 0 N–H and O–H groups in total. The second-order valence-corrected chi connectivity index (χ2v) is 1.36. The van der Waals surface area contributed by atoms with Gasteiger partial charge >= 0.3 is 0 Å². The molecule has 0 saturated heterocycles. The van der Waals surface area contributed by atoms with Gasteiger partial charge < -0.3 is 0 Å². The number of halogens is 2. The van der Waals surface area contributed by atoms with Crippen molar-refractivity contribution in [2.75, 3.05) is 5.88 Å². The summed E-state index contributed by atoms with van der Waals surface area (Å²) >= 11 is 9.67. The number of hydrogen-bond donors (Lipinski definition) is 0. The predicted molar refractivity (Wildman–Crippen MR) is 21.0 cm³/mol. The maximum absolute atomic E-state index is 9.53. The molecule has 0 aliphatic heterocycles. The fraction of sp³-hybridized carbons (Fsp3) is 1.00. The Morgan fingerprint density at radius 1 is 1.80 bits per heavy atom. The molecule has 0 aliphatic rings. The van der Waals surface area contributed by atoms with Crippen LogP contribution in [0.15, 0.2) is 0 Å². The van der Waals surface area contributed by atoms with Gasteiger partial charge in [-0.1, -0.05) is 11.6 Å². The van der Waals surface area contributed by atoms with Gasteiger partial charge in [-0.15, -0.1) is 11.6 Å². The Kier molecular flexibility index (Phi) is 3.06. The van der Waals surface area contributed by atoms with E-state index < -0.39 is 5.56 Å². The lowest BCUT2D eigenvalue weighted by molar-refractivity contribution is 0.177. The zero-order chi connectivity index (χ0) is 4.28. The molecule has 0 aromatic heterocycles. The minimum atomic E-state index is -1.13. The van der Waals surface area contributed by atoms with Crippen LogP contribution in [0.25, 0.3) is 0 Å². The fourth-order valence-corrected chi connectivity index (χ4v) is 0. The van der Waals surface area contributed by atoms with Crippen molar-refractivity contribution in [1.82, 2.24) is 0 Å². The molecule has 5 heavy (non-hydrogen) atoms. The molecule has 0 fully saturated rings. The standard InChI is InChI=1S/C2H3Cl2O/c3-1-2(4)5/h2H,1H2. The molecular formula is C2H3Cl2O. The maximum Gasteiger partial charge on any atom is 0.179 e. The first-order chi connectivity index (χ1) is 2.27. The maximum atomic E-state index is 9.53. The summed E-state index contributed by atoms with van der Waals surface area (Å²) in [5.74, 6) is -0.0123. The van der Waals surface area contributed by atoms with Crippen molar-refractivity contribution in [3.63, 3.8) is 0 Å². The average Bonchev–Trinajstić information content (AvgIpc) is 1.38. The van der Waals surface area contributed by atoms with Crippen LogP contribution in [0.5, 0.6) is 0 Å². The summed E-state index contributed by atoms with van der Waals surface area (Å²) in [7, 11) is 0. The molecule has 0 bridgehead atoms. The van der Waals surface area contributed by atoms with Crippen molar-refractivity contribution >= 4 is 23.2 Å². The summed E-state index contributed by atoms with van der Waals surface area (Å²) in [5, 5.41) is 9.53. The van der Waals surface area contributed by atoms with Crippen LogP contribution in [0.3, 0.4) is 0 Å². The van der Waals surface area contributed by atoms with Gasteiger partial charge in [-0.25, -0.2) is 5.11 Å². The summed E-state index contributed by atoms with van der Waals surface area (Å²) in [6, 6.07) is 0. The van der Waals surface area contributed by atoms with E-state index in [0.717, 1.165) is 0 Å². The van der Waals surface area contributed by atoms with E-state index in [2.05, 4.69) is 0 Å². The highest BCUT2D eigenvalue weighted by Crippen LogP contribution is 1.90. The molecule has 3 heteroatoms.